The number of hydrogen-bond acceptors (Lipinski definition) is 6. The Balaban J connectivity index is 1.53. The Morgan fingerprint density at radius 3 is 2.43 bits per heavy atom. The van der Waals surface area contributed by atoms with Gasteiger partial charge in [0.15, 0.2) is 0 Å². The molecule has 0 spiro atoms. The van der Waals surface area contributed by atoms with Gasteiger partial charge in [-0.1, -0.05) is 48.0 Å². The molecule has 0 fully saturated rings. The minimum Gasteiger partial charge on any atom is -0.497 e. The van der Waals surface area contributed by atoms with Crippen LogP contribution in [0.25, 0.3) is 10.9 Å². The van der Waals surface area contributed by atoms with Crippen LogP contribution in [-0.4, -0.2) is 39.2 Å². The lowest BCUT2D eigenvalue weighted by Gasteiger charge is -2.23. The summed E-state index contributed by atoms with van der Waals surface area (Å²) in [5.41, 5.74) is 3.86. The van der Waals surface area contributed by atoms with E-state index in [1.165, 1.54) is 18.3 Å². The van der Waals surface area contributed by atoms with Crippen LogP contribution in [-0.2, 0) is 14.8 Å². The molecule has 0 aliphatic heterocycles. The molecular formula is C25H21ClN4O4S. The second-order valence-corrected chi connectivity index (χ2v) is 9.60. The van der Waals surface area contributed by atoms with E-state index in [-0.39, 0.29) is 10.0 Å². The quantitative estimate of drug-likeness (QED) is 0.218. The molecule has 0 aliphatic carbocycles. The number of hydrazone groups is 1. The van der Waals surface area contributed by atoms with Crippen LogP contribution in [0.5, 0.6) is 5.75 Å². The molecule has 0 radical (unpaired) electrons. The van der Waals surface area contributed by atoms with Crippen molar-refractivity contribution in [1.29, 1.82) is 0 Å². The molecule has 8 nitrogen and oxygen atoms in total. The first-order chi connectivity index (χ1) is 16.9. The number of methoxy groups -OCH3 is 1. The predicted molar refractivity (Wildman–Crippen MR) is 136 cm³/mol. The van der Waals surface area contributed by atoms with Crippen LogP contribution in [0.2, 0.25) is 5.15 Å². The first-order valence-electron chi connectivity index (χ1n) is 10.5. The van der Waals surface area contributed by atoms with Crippen LogP contribution in [0, 0.1) is 0 Å². The van der Waals surface area contributed by atoms with Gasteiger partial charge in [-0.15, -0.1) is 0 Å². The third-order valence-electron chi connectivity index (χ3n) is 5.06. The van der Waals surface area contributed by atoms with Gasteiger partial charge in [-0.3, -0.25) is 9.10 Å². The third kappa shape index (κ3) is 5.59. The number of carbonyl (C=O) groups excluding carboxylic acids is 1. The fourth-order valence-electron chi connectivity index (χ4n) is 3.33. The Morgan fingerprint density at radius 2 is 1.74 bits per heavy atom. The van der Waals surface area contributed by atoms with Gasteiger partial charge in [-0.05, 0) is 42.5 Å². The maximum atomic E-state index is 13.3. The number of hydrogen-bond donors (Lipinski definition) is 1. The van der Waals surface area contributed by atoms with Crippen LogP contribution >= 0.6 is 11.6 Å². The lowest BCUT2D eigenvalue weighted by molar-refractivity contribution is -0.119. The van der Waals surface area contributed by atoms with Crippen molar-refractivity contribution in [3.05, 3.63) is 95.6 Å². The van der Waals surface area contributed by atoms with Crippen molar-refractivity contribution in [2.24, 2.45) is 5.10 Å². The van der Waals surface area contributed by atoms with Crippen LogP contribution in [0.4, 0.5) is 5.69 Å². The fourth-order valence-corrected chi connectivity index (χ4v) is 4.96. The van der Waals surface area contributed by atoms with Crippen molar-refractivity contribution >= 4 is 50.3 Å². The van der Waals surface area contributed by atoms with Gasteiger partial charge in [0, 0.05) is 17.0 Å². The number of para-hydroxylation sites is 1. The summed E-state index contributed by atoms with van der Waals surface area (Å²) in [6.45, 7) is -0.470. The minimum absolute atomic E-state index is 0.0748. The molecule has 1 heterocycles. The summed E-state index contributed by atoms with van der Waals surface area (Å²) in [6, 6.07) is 23.5. The van der Waals surface area contributed by atoms with Crippen LogP contribution in [0.15, 0.2) is 94.9 Å². The first kappa shape index (κ1) is 24.2. The Labute approximate surface area is 207 Å². The number of nitrogens with one attached hydrogen (secondary N) is 1. The summed E-state index contributed by atoms with van der Waals surface area (Å²) in [5.74, 6) is 0.0300. The number of aromatic nitrogens is 1. The number of rotatable bonds is 8. The number of amides is 1. The average Bonchev–Trinajstić information content (AvgIpc) is 2.88. The van der Waals surface area contributed by atoms with Crippen molar-refractivity contribution in [3.8, 4) is 5.75 Å². The molecule has 4 aromatic rings. The summed E-state index contributed by atoms with van der Waals surface area (Å²) in [4.78, 5) is 17.1. The normalized spacial score (nSPS) is 11.5. The molecule has 0 saturated carbocycles. The smallest absolute Gasteiger partial charge is 0.264 e. The second kappa shape index (κ2) is 10.5. The molecule has 10 heteroatoms. The number of pyridine rings is 1. The van der Waals surface area contributed by atoms with E-state index in [2.05, 4.69) is 15.5 Å². The van der Waals surface area contributed by atoms with Gasteiger partial charge in [0.05, 0.1) is 29.4 Å². The van der Waals surface area contributed by atoms with E-state index in [9.17, 15) is 13.2 Å². The summed E-state index contributed by atoms with van der Waals surface area (Å²) in [6.07, 6.45) is 1.36. The van der Waals surface area contributed by atoms with E-state index < -0.39 is 22.5 Å². The third-order valence-corrected chi connectivity index (χ3v) is 7.15. The molecule has 4 rings (SSSR count). The monoisotopic (exact) mass is 508 g/mol. The van der Waals surface area contributed by atoms with Gasteiger partial charge >= 0.3 is 0 Å². The molecular weight excluding hydrogens is 488 g/mol. The maximum absolute atomic E-state index is 13.3. The van der Waals surface area contributed by atoms with Crippen molar-refractivity contribution < 1.29 is 17.9 Å². The average molecular weight is 509 g/mol. The highest BCUT2D eigenvalue weighted by atomic mass is 35.5. The number of anilines is 1. The molecule has 0 aliphatic rings. The van der Waals surface area contributed by atoms with E-state index in [0.717, 1.165) is 9.69 Å². The van der Waals surface area contributed by atoms with Gasteiger partial charge in [0.25, 0.3) is 15.9 Å². The highest BCUT2D eigenvalue weighted by Gasteiger charge is 2.26. The molecule has 0 unspecified atom stereocenters. The van der Waals surface area contributed by atoms with Crippen molar-refractivity contribution in [1.82, 2.24) is 10.4 Å². The molecule has 0 atom stereocenters. The molecule has 0 bridgehead atoms. The van der Waals surface area contributed by atoms with Gasteiger partial charge in [0.1, 0.15) is 17.4 Å². The first-order valence-corrected chi connectivity index (χ1v) is 12.3. The summed E-state index contributed by atoms with van der Waals surface area (Å²) >= 11 is 6.26. The van der Waals surface area contributed by atoms with Gasteiger partial charge < -0.3 is 4.74 Å². The maximum Gasteiger partial charge on any atom is 0.264 e. The molecule has 0 saturated heterocycles. The number of carbonyl (C=O) groups is 1. The fraction of sp³-hybridized carbons (Fsp3) is 0.0800. The van der Waals surface area contributed by atoms with Gasteiger partial charge in [-0.2, -0.15) is 5.10 Å². The standard InChI is InChI=1S/C25H21ClN4O4S/c1-34-21-13-12-18-14-19(25(26)28-23(18)15-21)16-27-29-24(31)17-30(20-8-4-2-5-9-20)35(32,33)22-10-6-3-7-11-22/h2-16H,17H2,1H3,(H,29,31)/b27-16+. The molecule has 35 heavy (non-hydrogen) atoms. The Hall–Kier alpha value is -3.95. The number of nitrogens with zero attached hydrogens (tertiary/aromatic N) is 3. The molecule has 1 N–H and O–H groups in total. The Bertz CT molecular complexity index is 1480. The molecule has 1 amide bonds. The van der Waals surface area contributed by atoms with Crippen LogP contribution < -0.4 is 14.5 Å². The topological polar surface area (TPSA) is 101 Å². The number of benzene rings is 3. The zero-order chi connectivity index (χ0) is 24.8. The Morgan fingerprint density at radius 1 is 1.06 bits per heavy atom. The Kier molecular flexibility index (Phi) is 7.28. The predicted octanol–water partition coefficient (Wildman–Crippen LogP) is 4.24. The van der Waals surface area contributed by atoms with E-state index in [1.807, 2.05) is 6.07 Å². The number of sulfonamides is 1. The van der Waals surface area contributed by atoms with E-state index in [0.29, 0.717) is 22.5 Å². The van der Waals surface area contributed by atoms with Gasteiger partial charge in [-0.25, -0.2) is 18.8 Å². The summed E-state index contributed by atoms with van der Waals surface area (Å²) in [5, 5.41) is 4.96. The molecule has 178 valence electrons. The zero-order valence-electron chi connectivity index (χ0n) is 18.6. The van der Waals surface area contributed by atoms with E-state index >= 15 is 0 Å². The molecule has 3 aromatic carbocycles. The number of ether oxygens (including phenoxy) is 1. The van der Waals surface area contributed by atoms with Crippen LogP contribution in [0.3, 0.4) is 0 Å². The second-order valence-electron chi connectivity index (χ2n) is 7.38. The van der Waals surface area contributed by atoms with Crippen molar-refractivity contribution in [2.75, 3.05) is 18.0 Å². The highest BCUT2D eigenvalue weighted by Crippen LogP contribution is 2.24. The zero-order valence-corrected chi connectivity index (χ0v) is 20.2. The van der Waals surface area contributed by atoms with E-state index in [4.69, 9.17) is 16.3 Å². The summed E-state index contributed by atoms with van der Waals surface area (Å²) in [7, 11) is -2.42. The van der Waals surface area contributed by atoms with E-state index in [1.54, 1.807) is 73.8 Å². The molecule has 1 aromatic heterocycles. The lowest BCUT2D eigenvalue weighted by atomic mass is 10.1. The summed E-state index contributed by atoms with van der Waals surface area (Å²) < 4.78 is 32.7. The lowest BCUT2D eigenvalue weighted by Crippen LogP contribution is -2.39. The minimum atomic E-state index is -3.98. The highest BCUT2D eigenvalue weighted by molar-refractivity contribution is 7.92. The number of halogens is 1. The van der Waals surface area contributed by atoms with Crippen molar-refractivity contribution in [3.63, 3.8) is 0 Å². The number of fused-ring (bicyclic) bond motifs is 1. The SMILES string of the molecule is COc1ccc2cc(/C=N/NC(=O)CN(c3ccccc3)S(=O)(=O)c3ccccc3)c(Cl)nc2c1. The van der Waals surface area contributed by atoms with Crippen LogP contribution in [0.1, 0.15) is 5.56 Å². The van der Waals surface area contributed by atoms with Gasteiger partial charge in [0.2, 0.25) is 0 Å². The largest absolute Gasteiger partial charge is 0.497 e. The van der Waals surface area contributed by atoms with Crippen molar-refractivity contribution in [2.45, 2.75) is 4.90 Å².